The molecule has 1 aliphatic heterocycles. The monoisotopic (exact) mass is 689 g/mol. The first-order valence-corrected chi connectivity index (χ1v) is 16.9. The van der Waals surface area contributed by atoms with E-state index in [2.05, 4.69) is 55.1 Å². The number of aryl methyl sites for hydroxylation is 1. The van der Waals surface area contributed by atoms with Crippen LogP contribution < -0.4 is 10.6 Å². The molecule has 3 aromatic carbocycles. The quantitative estimate of drug-likeness (QED) is 0.0980. The first kappa shape index (κ1) is 33.8. The molecule has 6 aromatic rings. The van der Waals surface area contributed by atoms with Crippen LogP contribution in [0, 0.1) is 0 Å². The number of nitrogens with zero attached hydrogens (tertiary/aromatic N) is 6. The molecule has 14 nitrogen and oxygen atoms in total. The summed E-state index contributed by atoms with van der Waals surface area (Å²) in [5.41, 5.74) is 4.07. The molecule has 0 saturated carbocycles. The van der Waals surface area contributed by atoms with Crippen LogP contribution in [-0.4, -0.2) is 82.8 Å². The van der Waals surface area contributed by atoms with Gasteiger partial charge in [-0.05, 0) is 23.1 Å². The van der Waals surface area contributed by atoms with Crippen LogP contribution in [0.3, 0.4) is 0 Å². The van der Waals surface area contributed by atoms with Gasteiger partial charge in [0, 0.05) is 18.9 Å². The van der Waals surface area contributed by atoms with E-state index in [0.29, 0.717) is 42.2 Å². The fraction of sp³-hybridized carbons (Fsp3) is 0.297. The smallest absolute Gasteiger partial charge is 0.293 e. The largest absolute Gasteiger partial charge is 0.457 e. The summed E-state index contributed by atoms with van der Waals surface area (Å²) >= 11 is 0. The fourth-order valence-electron chi connectivity index (χ4n) is 6.42. The minimum atomic E-state index is -1.28. The van der Waals surface area contributed by atoms with Gasteiger partial charge in [-0.3, -0.25) is 14.5 Å². The normalized spacial score (nSPS) is 19.3. The van der Waals surface area contributed by atoms with Gasteiger partial charge < -0.3 is 30.3 Å². The highest BCUT2D eigenvalue weighted by Gasteiger charge is 2.49. The number of anilines is 2. The highest BCUT2D eigenvalue weighted by molar-refractivity contribution is 5.84. The van der Waals surface area contributed by atoms with Crippen molar-refractivity contribution < 1.29 is 24.5 Å². The molecule has 0 radical (unpaired) electrons. The minimum absolute atomic E-state index is 0.0204. The third-order valence-electron chi connectivity index (χ3n) is 9.02. The molecule has 0 amide bonds. The lowest BCUT2D eigenvalue weighted by Gasteiger charge is -2.22. The van der Waals surface area contributed by atoms with Crippen molar-refractivity contribution in [1.82, 2.24) is 34.7 Å². The number of carbonyl (C=O) groups is 1. The van der Waals surface area contributed by atoms with Gasteiger partial charge in [-0.25, -0.2) is 9.97 Å². The zero-order valence-corrected chi connectivity index (χ0v) is 27.9. The van der Waals surface area contributed by atoms with Gasteiger partial charge in [0.1, 0.15) is 11.9 Å². The average Bonchev–Trinajstić information content (AvgIpc) is 3.90. The molecule has 3 aromatic heterocycles. The van der Waals surface area contributed by atoms with E-state index in [-0.39, 0.29) is 30.8 Å². The van der Waals surface area contributed by atoms with E-state index in [1.54, 1.807) is 4.57 Å². The summed E-state index contributed by atoms with van der Waals surface area (Å²) in [7, 11) is 0. The van der Waals surface area contributed by atoms with Gasteiger partial charge in [-0.15, -0.1) is 0 Å². The summed E-state index contributed by atoms with van der Waals surface area (Å²) in [4.78, 5) is 30.5. The van der Waals surface area contributed by atoms with Gasteiger partial charge in [0.15, 0.2) is 41.2 Å². The number of aromatic nitrogens is 7. The summed E-state index contributed by atoms with van der Waals surface area (Å²) in [5, 5.41) is 35.6. The van der Waals surface area contributed by atoms with Gasteiger partial charge in [-0.2, -0.15) is 15.1 Å². The Morgan fingerprint density at radius 1 is 0.980 bits per heavy atom. The predicted molar refractivity (Wildman–Crippen MR) is 189 cm³/mol. The Hall–Kier alpha value is -5.70. The fourth-order valence-corrected chi connectivity index (χ4v) is 6.42. The Morgan fingerprint density at radius 2 is 1.67 bits per heavy atom. The van der Waals surface area contributed by atoms with Crippen molar-refractivity contribution in [3.8, 4) is 0 Å². The molecule has 51 heavy (non-hydrogen) atoms. The third-order valence-corrected chi connectivity index (χ3v) is 9.02. The van der Waals surface area contributed by atoms with Crippen LogP contribution in [0.2, 0.25) is 0 Å². The Bertz CT molecular complexity index is 1990. The second-order valence-corrected chi connectivity index (χ2v) is 12.3. The number of nitrogens with one attached hydrogen (secondary N) is 3. The van der Waals surface area contributed by atoms with Crippen LogP contribution in [0.15, 0.2) is 97.3 Å². The van der Waals surface area contributed by atoms with E-state index in [1.807, 2.05) is 73.7 Å². The maximum absolute atomic E-state index is 11.7. The molecule has 5 N–H and O–H groups in total. The second kappa shape index (κ2) is 15.5. The van der Waals surface area contributed by atoms with E-state index in [9.17, 15) is 15.0 Å². The Labute approximate surface area is 293 Å². The number of rotatable bonds is 15. The van der Waals surface area contributed by atoms with E-state index < -0.39 is 30.6 Å². The van der Waals surface area contributed by atoms with Crippen molar-refractivity contribution in [2.75, 3.05) is 23.8 Å². The summed E-state index contributed by atoms with van der Waals surface area (Å²) in [6.07, 6.45) is -1.78. The highest BCUT2D eigenvalue weighted by atomic mass is 16.6. The number of ether oxygens (including phenoxy) is 2. The van der Waals surface area contributed by atoms with Crippen LogP contribution in [0.25, 0.3) is 11.2 Å². The van der Waals surface area contributed by atoms with Gasteiger partial charge in [0.25, 0.3) is 6.47 Å². The molecule has 5 atom stereocenters. The van der Waals surface area contributed by atoms with E-state index in [1.165, 1.54) is 6.33 Å². The SMILES string of the molecule is CCc1nc([C@H]2O[C@@H](n3cnc4c(NCC(c5ccccc5)c5ccccc5)nc(N[C@H](CO)Cc5ccccc5)nc43)[C@H](OC=O)[C@@H]2O)n[nH]1. The number of aliphatic hydroxyl groups excluding tert-OH is 2. The predicted octanol–water partition coefficient (Wildman–Crippen LogP) is 3.94. The van der Waals surface area contributed by atoms with Crippen molar-refractivity contribution in [2.45, 2.75) is 56.3 Å². The van der Waals surface area contributed by atoms with E-state index >= 15 is 0 Å². The van der Waals surface area contributed by atoms with E-state index in [4.69, 9.17) is 19.4 Å². The summed E-state index contributed by atoms with van der Waals surface area (Å²) in [6.45, 7) is 2.50. The minimum Gasteiger partial charge on any atom is -0.457 e. The third kappa shape index (κ3) is 7.29. The molecule has 4 heterocycles. The lowest BCUT2D eigenvalue weighted by atomic mass is 9.91. The molecule has 14 heteroatoms. The lowest BCUT2D eigenvalue weighted by Crippen LogP contribution is -2.32. The number of aromatic amines is 1. The zero-order valence-electron chi connectivity index (χ0n) is 27.9. The first-order valence-electron chi connectivity index (χ1n) is 16.9. The van der Waals surface area contributed by atoms with Crippen molar-refractivity contribution in [1.29, 1.82) is 0 Å². The van der Waals surface area contributed by atoms with E-state index in [0.717, 1.165) is 16.7 Å². The molecular weight excluding hydrogens is 650 g/mol. The molecule has 0 unspecified atom stereocenters. The van der Waals surface area contributed by atoms with Crippen molar-refractivity contribution in [3.05, 3.63) is 126 Å². The van der Waals surface area contributed by atoms with Crippen LogP contribution >= 0.6 is 0 Å². The van der Waals surface area contributed by atoms with Crippen molar-refractivity contribution >= 4 is 29.4 Å². The number of aliphatic hydroxyl groups is 2. The topological polar surface area (TPSA) is 185 Å². The molecule has 0 bridgehead atoms. The number of imidazole rings is 1. The zero-order chi connectivity index (χ0) is 35.2. The van der Waals surface area contributed by atoms with Crippen LogP contribution in [-0.2, 0) is 27.1 Å². The number of hydrogen-bond donors (Lipinski definition) is 5. The van der Waals surface area contributed by atoms with Gasteiger partial charge in [0.05, 0.1) is 19.0 Å². The molecule has 1 saturated heterocycles. The molecular formula is C37H39N9O5. The van der Waals surface area contributed by atoms with Crippen LogP contribution in [0.4, 0.5) is 11.8 Å². The Kier molecular flexibility index (Phi) is 10.2. The maximum Gasteiger partial charge on any atom is 0.293 e. The standard InChI is InChI=1S/C37H39N9O5/c1-2-28-41-34(45-44-28)31-30(49)32(50-22-48)36(51-31)46-21-39-29-33(38-19-27(24-14-8-4-9-15-24)25-16-10-5-11-17-25)42-37(43-35(29)46)40-26(20-47)18-23-12-6-3-7-13-23/h3-17,21-22,26-27,30-32,36,47,49H,2,18-20H2,1H3,(H,41,44,45)(H2,38,40,42,43)/t26-,30+,31-,32+,36+/m0/s1. The number of benzene rings is 3. The Balaban J connectivity index is 1.27. The number of hydrogen-bond acceptors (Lipinski definition) is 12. The number of carbonyl (C=O) groups excluding carboxylic acids is 1. The van der Waals surface area contributed by atoms with Crippen LogP contribution in [0.5, 0.6) is 0 Å². The summed E-state index contributed by atoms with van der Waals surface area (Å²) < 4.78 is 13.3. The molecule has 1 aliphatic rings. The van der Waals surface area contributed by atoms with Crippen LogP contribution in [0.1, 0.15) is 53.5 Å². The molecule has 1 fully saturated rings. The summed E-state index contributed by atoms with van der Waals surface area (Å²) in [5.74, 6) is 1.53. The first-order chi connectivity index (χ1) is 25.1. The number of H-pyrrole nitrogens is 1. The van der Waals surface area contributed by atoms with Crippen molar-refractivity contribution in [3.63, 3.8) is 0 Å². The molecule has 262 valence electrons. The van der Waals surface area contributed by atoms with Gasteiger partial charge in [0.2, 0.25) is 5.95 Å². The average molecular weight is 690 g/mol. The lowest BCUT2D eigenvalue weighted by molar-refractivity contribution is -0.142. The molecule has 0 spiro atoms. The second-order valence-electron chi connectivity index (χ2n) is 12.3. The highest BCUT2D eigenvalue weighted by Crippen LogP contribution is 2.41. The summed E-state index contributed by atoms with van der Waals surface area (Å²) in [6, 6.07) is 29.8. The molecule has 0 aliphatic carbocycles. The van der Waals surface area contributed by atoms with Gasteiger partial charge in [-0.1, -0.05) is 97.9 Å². The van der Waals surface area contributed by atoms with Gasteiger partial charge >= 0.3 is 0 Å². The Morgan fingerprint density at radius 3 is 2.29 bits per heavy atom. The maximum atomic E-state index is 11.7. The molecule has 7 rings (SSSR count). The number of fused-ring (bicyclic) bond motifs is 1. The van der Waals surface area contributed by atoms with Crippen molar-refractivity contribution in [2.24, 2.45) is 0 Å².